The van der Waals surface area contributed by atoms with Crippen molar-refractivity contribution in [1.82, 2.24) is 5.32 Å². The number of nitrogens with one attached hydrogen (secondary N) is 1. The smallest absolute Gasteiger partial charge is 0.243 e. The van der Waals surface area contributed by atoms with Crippen LogP contribution in [0.2, 0.25) is 0 Å². The highest BCUT2D eigenvalue weighted by atomic mass is 32.2. The van der Waals surface area contributed by atoms with Gasteiger partial charge in [0.25, 0.3) is 0 Å². The summed E-state index contributed by atoms with van der Waals surface area (Å²) in [6, 6.07) is 12.7. The number of nitrogens with zero attached hydrogens (tertiary/aromatic N) is 1. The van der Waals surface area contributed by atoms with Gasteiger partial charge in [0.1, 0.15) is 11.8 Å². The Balaban J connectivity index is 2.09. The summed E-state index contributed by atoms with van der Waals surface area (Å²) in [7, 11) is -2.00. The quantitative estimate of drug-likeness (QED) is 0.582. The van der Waals surface area contributed by atoms with E-state index < -0.39 is 16.1 Å². The van der Waals surface area contributed by atoms with Crippen molar-refractivity contribution in [2.24, 2.45) is 0 Å². The fourth-order valence-corrected chi connectivity index (χ4v) is 4.70. The van der Waals surface area contributed by atoms with Gasteiger partial charge >= 0.3 is 0 Å². The minimum Gasteiger partial charge on any atom is -0.497 e. The average Bonchev–Trinajstić information content (AvgIpc) is 2.70. The molecule has 2 rings (SSSR count). The zero-order valence-corrected chi connectivity index (χ0v) is 19.3. The Bertz CT molecular complexity index is 973. The fraction of sp³-hybridized carbons (Fsp3) is 0.435. The second-order valence-electron chi connectivity index (χ2n) is 7.52. The predicted molar refractivity (Wildman–Crippen MR) is 122 cm³/mol. The van der Waals surface area contributed by atoms with Crippen LogP contribution in [0.5, 0.6) is 5.75 Å². The zero-order valence-electron chi connectivity index (χ0n) is 18.4. The molecule has 0 aliphatic heterocycles. The van der Waals surface area contributed by atoms with E-state index in [0.717, 1.165) is 41.5 Å². The van der Waals surface area contributed by atoms with Gasteiger partial charge in [0, 0.05) is 6.54 Å². The van der Waals surface area contributed by atoms with Gasteiger partial charge in [-0.15, -0.1) is 0 Å². The minimum atomic E-state index is -3.64. The Labute approximate surface area is 180 Å². The number of hydrogen-bond acceptors (Lipinski definition) is 4. The molecule has 0 aliphatic carbocycles. The predicted octanol–water partition coefficient (Wildman–Crippen LogP) is 3.61. The number of anilines is 1. The number of aryl methyl sites for hydroxylation is 3. The standard InChI is InChI=1S/C23H32N2O4S/c1-6-21(25(30(5,27)28)22-15-17(2)12-13-18(22)3)23(26)24-14-8-10-19-9-7-11-20(16-19)29-4/h7,9,11-13,15-16,21H,6,8,10,14H2,1-5H3,(H,24,26)/t21-/m0/s1. The van der Waals surface area contributed by atoms with E-state index in [4.69, 9.17) is 4.74 Å². The number of rotatable bonds is 10. The van der Waals surface area contributed by atoms with Crippen LogP contribution in [0.15, 0.2) is 42.5 Å². The van der Waals surface area contributed by atoms with Crippen LogP contribution in [0.3, 0.4) is 0 Å². The topological polar surface area (TPSA) is 75.7 Å². The maximum absolute atomic E-state index is 12.9. The first-order valence-corrected chi connectivity index (χ1v) is 12.0. The highest BCUT2D eigenvalue weighted by Gasteiger charge is 2.32. The van der Waals surface area contributed by atoms with Crippen LogP contribution in [0.4, 0.5) is 5.69 Å². The number of benzene rings is 2. The Morgan fingerprint density at radius 2 is 1.90 bits per heavy atom. The number of hydrogen-bond donors (Lipinski definition) is 1. The average molecular weight is 433 g/mol. The van der Waals surface area contributed by atoms with Crippen LogP contribution in [0, 0.1) is 13.8 Å². The van der Waals surface area contributed by atoms with Crippen LogP contribution < -0.4 is 14.4 Å². The van der Waals surface area contributed by atoms with Gasteiger partial charge in [0.15, 0.2) is 0 Å². The van der Waals surface area contributed by atoms with Gasteiger partial charge in [-0.3, -0.25) is 9.10 Å². The summed E-state index contributed by atoms with van der Waals surface area (Å²) < 4.78 is 31.7. The van der Waals surface area contributed by atoms with Crippen LogP contribution in [0.25, 0.3) is 0 Å². The second kappa shape index (κ2) is 10.5. The molecule has 0 bridgehead atoms. The third-order valence-electron chi connectivity index (χ3n) is 5.01. The first-order valence-electron chi connectivity index (χ1n) is 10.1. The molecule has 0 unspecified atom stereocenters. The number of ether oxygens (including phenoxy) is 1. The molecule has 1 atom stereocenters. The van der Waals surface area contributed by atoms with Crippen molar-refractivity contribution in [3.63, 3.8) is 0 Å². The van der Waals surface area contributed by atoms with Crippen molar-refractivity contribution in [2.75, 3.05) is 24.2 Å². The van der Waals surface area contributed by atoms with Crippen molar-refractivity contribution < 1.29 is 17.9 Å². The molecule has 164 valence electrons. The number of carbonyl (C=O) groups excluding carboxylic acids is 1. The monoisotopic (exact) mass is 432 g/mol. The fourth-order valence-electron chi connectivity index (χ4n) is 3.44. The van der Waals surface area contributed by atoms with Gasteiger partial charge in [-0.1, -0.05) is 31.2 Å². The summed E-state index contributed by atoms with van der Waals surface area (Å²) in [6.07, 6.45) is 3.06. The lowest BCUT2D eigenvalue weighted by Gasteiger charge is -2.31. The molecule has 6 nitrogen and oxygen atoms in total. The van der Waals surface area contributed by atoms with Gasteiger partial charge in [0.2, 0.25) is 15.9 Å². The Morgan fingerprint density at radius 1 is 1.17 bits per heavy atom. The van der Waals surface area contributed by atoms with E-state index in [-0.39, 0.29) is 5.91 Å². The van der Waals surface area contributed by atoms with Crippen LogP contribution in [0.1, 0.15) is 36.5 Å². The minimum absolute atomic E-state index is 0.283. The normalized spacial score (nSPS) is 12.3. The molecule has 1 N–H and O–H groups in total. The van der Waals surface area contributed by atoms with E-state index in [1.54, 1.807) is 7.11 Å². The molecule has 0 saturated heterocycles. The van der Waals surface area contributed by atoms with Crippen LogP contribution in [-0.2, 0) is 21.2 Å². The third kappa shape index (κ3) is 6.23. The van der Waals surface area contributed by atoms with Crippen molar-refractivity contribution >= 4 is 21.6 Å². The molecule has 0 aromatic heterocycles. The van der Waals surface area contributed by atoms with Gasteiger partial charge in [-0.2, -0.15) is 0 Å². The molecule has 0 heterocycles. The first kappa shape index (κ1) is 23.7. The van der Waals surface area contributed by atoms with E-state index in [1.807, 2.05) is 63.2 Å². The summed E-state index contributed by atoms with van der Waals surface area (Å²) in [5.74, 6) is 0.523. The Hall–Kier alpha value is -2.54. The molecule has 0 spiro atoms. The van der Waals surface area contributed by atoms with Crippen molar-refractivity contribution in [3.8, 4) is 5.75 Å². The van der Waals surface area contributed by atoms with E-state index in [0.29, 0.717) is 18.7 Å². The molecule has 7 heteroatoms. The molecule has 2 aromatic rings. The number of sulfonamides is 1. The molecule has 30 heavy (non-hydrogen) atoms. The van der Waals surface area contributed by atoms with E-state index in [2.05, 4.69) is 5.32 Å². The highest BCUT2D eigenvalue weighted by molar-refractivity contribution is 7.92. The third-order valence-corrected chi connectivity index (χ3v) is 6.17. The van der Waals surface area contributed by atoms with Gasteiger partial charge in [-0.25, -0.2) is 8.42 Å². The molecule has 0 radical (unpaired) electrons. The maximum Gasteiger partial charge on any atom is 0.243 e. The number of carbonyl (C=O) groups is 1. The summed E-state index contributed by atoms with van der Waals surface area (Å²) in [6.45, 7) is 6.05. The summed E-state index contributed by atoms with van der Waals surface area (Å²) in [5.41, 5.74) is 3.44. The number of amides is 1. The molecule has 0 aliphatic rings. The largest absolute Gasteiger partial charge is 0.497 e. The molecule has 1 amide bonds. The molecule has 0 saturated carbocycles. The summed E-state index contributed by atoms with van der Waals surface area (Å²) >= 11 is 0. The SMILES string of the molecule is CC[C@@H](C(=O)NCCCc1cccc(OC)c1)N(c1cc(C)ccc1C)S(C)(=O)=O. The highest BCUT2D eigenvalue weighted by Crippen LogP contribution is 2.27. The number of methoxy groups -OCH3 is 1. The molecule has 2 aromatic carbocycles. The van der Waals surface area contributed by atoms with E-state index in [9.17, 15) is 13.2 Å². The first-order chi connectivity index (χ1) is 14.2. The maximum atomic E-state index is 12.9. The van der Waals surface area contributed by atoms with Crippen molar-refractivity contribution in [1.29, 1.82) is 0 Å². The summed E-state index contributed by atoms with van der Waals surface area (Å²) in [4.78, 5) is 12.9. The Kier molecular flexibility index (Phi) is 8.29. The van der Waals surface area contributed by atoms with Gasteiger partial charge in [-0.05, 0) is 68.0 Å². The van der Waals surface area contributed by atoms with Crippen LogP contribution >= 0.6 is 0 Å². The summed E-state index contributed by atoms with van der Waals surface area (Å²) in [5, 5.41) is 2.91. The van der Waals surface area contributed by atoms with Gasteiger partial charge in [0.05, 0.1) is 19.1 Å². The van der Waals surface area contributed by atoms with E-state index >= 15 is 0 Å². The molecular weight excluding hydrogens is 400 g/mol. The van der Waals surface area contributed by atoms with E-state index in [1.165, 1.54) is 4.31 Å². The Morgan fingerprint density at radius 3 is 2.53 bits per heavy atom. The van der Waals surface area contributed by atoms with Crippen molar-refractivity contribution in [3.05, 3.63) is 59.2 Å². The zero-order chi connectivity index (χ0) is 22.3. The lowest BCUT2D eigenvalue weighted by Crippen LogP contribution is -2.49. The lowest BCUT2D eigenvalue weighted by molar-refractivity contribution is -0.122. The molecular formula is C23H32N2O4S. The second-order valence-corrected chi connectivity index (χ2v) is 9.38. The van der Waals surface area contributed by atoms with Crippen molar-refractivity contribution in [2.45, 2.75) is 46.1 Å². The van der Waals surface area contributed by atoms with Crippen LogP contribution in [-0.4, -0.2) is 40.3 Å². The molecule has 0 fully saturated rings. The lowest BCUT2D eigenvalue weighted by atomic mass is 10.1. The van der Waals surface area contributed by atoms with Gasteiger partial charge < -0.3 is 10.1 Å².